The summed E-state index contributed by atoms with van der Waals surface area (Å²) in [5.41, 5.74) is 1.31. The number of piperazine rings is 1. The highest BCUT2D eigenvalue weighted by molar-refractivity contribution is 5.78. The normalized spacial score (nSPS) is 21.1. The third-order valence-electron chi connectivity index (χ3n) is 5.32. The lowest BCUT2D eigenvalue weighted by Gasteiger charge is -2.36. The van der Waals surface area contributed by atoms with E-state index in [2.05, 4.69) is 48.7 Å². The van der Waals surface area contributed by atoms with Gasteiger partial charge in [0, 0.05) is 32.7 Å². The quantitative estimate of drug-likeness (QED) is 0.857. The number of urea groups is 2. The topological polar surface area (TPSA) is 64.7 Å². The Hall–Kier alpha value is -2.24. The van der Waals surface area contributed by atoms with Gasteiger partial charge in [-0.15, -0.1) is 0 Å². The van der Waals surface area contributed by atoms with Gasteiger partial charge in [-0.2, -0.15) is 0 Å². The van der Waals surface area contributed by atoms with Gasteiger partial charge >= 0.3 is 12.1 Å². The van der Waals surface area contributed by atoms with Gasteiger partial charge in [0.25, 0.3) is 0 Å². The molecule has 0 aromatic heterocycles. The zero-order chi connectivity index (χ0) is 17.8. The van der Waals surface area contributed by atoms with Gasteiger partial charge in [-0.25, -0.2) is 9.59 Å². The zero-order valence-electron chi connectivity index (χ0n) is 15.1. The molecule has 0 saturated carbocycles. The van der Waals surface area contributed by atoms with Crippen LogP contribution in [0, 0.1) is 11.8 Å². The van der Waals surface area contributed by atoms with E-state index >= 15 is 0 Å². The van der Waals surface area contributed by atoms with Gasteiger partial charge in [0.1, 0.15) is 0 Å². The molecular weight excluding hydrogens is 316 g/mol. The smallest absolute Gasteiger partial charge is 0.317 e. The van der Waals surface area contributed by atoms with Gasteiger partial charge < -0.3 is 20.4 Å². The van der Waals surface area contributed by atoms with E-state index in [0.717, 1.165) is 6.42 Å². The second kappa shape index (κ2) is 7.76. The van der Waals surface area contributed by atoms with E-state index in [1.165, 1.54) is 5.56 Å². The second-order valence-corrected chi connectivity index (χ2v) is 7.36. The summed E-state index contributed by atoms with van der Waals surface area (Å²) in [6.45, 7) is 7.53. The van der Waals surface area contributed by atoms with Gasteiger partial charge in [-0.1, -0.05) is 44.2 Å². The van der Waals surface area contributed by atoms with E-state index in [1.807, 2.05) is 15.9 Å². The Bertz CT molecular complexity index is 605. The van der Waals surface area contributed by atoms with Crippen LogP contribution >= 0.6 is 0 Å². The molecule has 1 aromatic rings. The summed E-state index contributed by atoms with van der Waals surface area (Å²) in [6, 6.07) is 10.5. The van der Waals surface area contributed by atoms with Gasteiger partial charge in [-0.3, -0.25) is 0 Å². The lowest BCUT2D eigenvalue weighted by atomic mass is 9.89. The number of hydrogen-bond donors (Lipinski definition) is 2. The van der Waals surface area contributed by atoms with Crippen LogP contribution in [0.4, 0.5) is 9.59 Å². The maximum Gasteiger partial charge on any atom is 0.317 e. The highest BCUT2D eigenvalue weighted by Crippen LogP contribution is 2.18. The highest BCUT2D eigenvalue weighted by Gasteiger charge is 2.36. The number of nitrogens with one attached hydrogen (secondary N) is 2. The summed E-state index contributed by atoms with van der Waals surface area (Å²) in [6.07, 6.45) is 0.966. The number of fused-ring (bicyclic) bond motifs is 1. The van der Waals surface area contributed by atoms with E-state index in [1.54, 1.807) is 0 Å². The summed E-state index contributed by atoms with van der Waals surface area (Å²) in [7, 11) is 0. The fourth-order valence-electron chi connectivity index (χ4n) is 3.58. The third kappa shape index (κ3) is 4.24. The van der Waals surface area contributed by atoms with Crippen molar-refractivity contribution in [3.05, 3.63) is 35.9 Å². The Morgan fingerprint density at radius 3 is 2.76 bits per heavy atom. The molecule has 0 spiro atoms. The first-order valence-corrected chi connectivity index (χ1v) is 9.15. The molecule has 2 aliphatic rings. The fourth-order valence-corrected chi connectivity index (χ4v) is 3.58. The number of amides is 4. The maximum atomic E-state index is 12.5. The van der Waals surface area contributed by atoms with Crippen LogP contribution in [-0.4, -0.2) is 60.6 Å². The van der Waals surface area contributed by atoms with Crippen molar-refractivity contribution in [2.75, 3.05) is 32.7 Å². The highest BCUT2D eigenvalue weighted by atomic mass is 16.2. The number of rotatable bonds is 5. The maximum absolute atomic E-state index is 12.5. The van der Waals surface area contributed by atoms with E-state index in [4.69, 9.17) is 0 Å². The molecule has 2 N–H and O–H groups in total. The van der Waals surface area contributed by atoms with Crippen LogP contribution in [0.2, 0.25) is 0 Å². The number of hydrogen-bond acceptors (Lipinski definition) is 2. The van der Waals surface area contributed by atoms with Crippen LogP contribution in [0.15, 0.2) is 30.3 Å². The Morgan fingerprint density at radius 1 is 1.28 bits per heavy atom. The molecule has 2 saturated heterocycles. The molecule has 2 aliphatic heterocycles. The summed E-state index contributed by atoms with van der Waals surface area (Å²) in [4.78, 5) is 27.8. The minimum absolute atomic E-state index is 0.00667. The minimum atomic E-state index is -0.0160. The monoisotopic (exact) mass is 344 g/mol. The summed E-state index contributed by atoms with van der Waals surface area (Å²) in [5.74, 6) is 0.899. The van der Waals surface area contributed by atoms with Gasteiger partial charge in [-0.05, 0) is 23.8 Å². The first kappa shape index (κ1) is 17.6. The summed E-state index contributed by atoms with van der Waals surface area (Å²) >= 11 is 0. The lowest BCUT2D eigenvalue weighted by Crippen LogP contribution is -2.56. The molecule has 0 radical (unpaired) electrons. The lowest BCUT2D eigenvalue weighted by molar-refractivity contribution is 0.128. The molecule has 25 heavy (non-hydrogen) atoms. The van der Waals surface area contributed by atoms with Crippen molar-refractivity contribution in [2.24, 2.45) is 11.8 Å². The predicted molar refractivity (Wildman–Crippen MR) is 97.3 cm³/mol. The molecular formula is C19H28N4O2. The number of nitrogens with zero attached hydrogens (tertiary/aromatic N) is 2. The Kier molecular flexibility index (Phi) is 5.46. The number of benzene rings is 1. The predicted octanol–water partition coefficient (Wildman–Crippen LogP) is 1.92. The first-order valence-electron chi connectivity index (χ1n) is 9.15. The van der Waals surface area contributed by atoms with E-state index in [0.29, 0.717) is 44.6 Å². The van der Waals surface area contributed by atoms with Crippen molar-refractivity contribution >= 4 is 12.1 Å². The molecule has 2 atom stereocenters. The number of carbonyl (C=O) groups is 2. The molecule has 0 unspecified atom stereocenters. The van der Waals surface area contributed by atoms with Crippen molar-refractivity contribution < 1.29 is 9.59 Å². The van der Waals surface area contributed by atoms with Crippen LogP contribution in [0.1, 0.15) is 19.4 Å². The molecule has 2 fully saturated rings. The van der Waals surface area contributed by atoms with Gasteiger partial charge in [0.05, 0.1) is 6.04 Å². The van der Waals surface area contributed by atoms with Crippen LogP contribution in [0.25, 0.3) is 0 Å². The molecule has 2 heterocycles. The SMILES string of the molecule is CC(C)[C@H](CNC(=O)N1CCN2C(=O)NC[C@H]2C1)Cc1ccccc1. The first-order chi connectivity index (χ1) is 12.0. The van der Waals surface area contributed by atoms with Crippen LogP contribution < -0.4 is 10.6 Å². The zero-order valence-corrected chi connectivity index (χ0v) is 15.1. The van der Waals surface area contributed by atoms with Crippen molar-refractivity contribution in [1.82, 2.24) is 20.4 Å². The summed E-state index contributed by atoms with van der Waals surface area (Å²) < 4.78 is 0. The molecule has 1 aromatic carbocycles. The minimum Gasteiger partial charge on any atom is -0.338 e. The van der Waals surface area contributed by atoms with Crippen LogP contribution in [0.3, 0.4) is 0 Å². The Morgan fingerprint density at radius 2 is 2.04 bits per heavy atom. The Labute approximate surface area is 149 Å². The molecule has 0 bridgehead atoms. The largest absolute Gasteiger partial charge is 0.338 e. The van der Waals surface area contributed by atoms with Gasteiger partial charge in [0.2, 0.25) is 0 Å². The fraction of sp³-hybridized carbons (Fsp3) is 0.579. The van der Waals surface area contributed by atoms with E-state index in [-0.39, 0.29) is 18.1 Å². The van der Waals surface area contributed by atoms with Crippen LogP contribution in [-0.2, 0) is 6.42 Å². The molecule has 3 rings (SSSR count). The molecule has 0 aliphatic carbocycles. The van der Waals surface area contributed by atoms with Crippen molar-refractivity contribution in [3.8, 4) is 0 Å². The number of carbonyl (C=O) groups excluding carboxylic acids is 2. The summed E-state index contributed by atoms with van der Waals surface area (Å²) in [5, 5.41) is 5.95. The third-order valence-corrected chi connectivity index (χ3v) is 5.32. The second-order valence-electron chi connectivity index (χ2n) is 7.36. The van der Waals surface area contributed by atoms with Gasteiger partial charge in [0.15, 0.2) is 0 Å². The van der Waals surface area contributed by atoms with E-state index in [9.17, 15) is 9.59 Å². The van der Waals surface area contributed by atoms with Crippen LogP contribution in [0.5, 0.6) is 0 Å². The molecule has 136 valence electrons. The average molecular weight is 344 g/mol. The molecule has 6 nitrogen and oxygen atoms in total. The Balaban J connectivity index is 1.51. The molecule has 6 heteroatoms. The van der Waals surface area contributed by atoms with E-state index < -0.39 is 0 Å². The average Bonchev–Trinajstić information content (AvgIpc) is 2.99. The van der Waals surface area contributed by atoms with Crippen molar-refractivity contribution in [1.29, 1.82) is 0 Å². The van der Waals surface area contributed by atoms with Crippen molar-refractivity contribution in [2.45, 2.75) is 26.3 Å². The standard InChI is InChI=1S/C19H28N4O2/c1-14(2)16(10-15-6-4-3-5-7-15)11-20-18(24)22-8-9-23-17(13-22)12-21-19(23)25/h3-7,14,16-17H,8-13H2,1-2H3,(H,20,24)(H,21,25)/t16-,17-/m0/s1. The van der Waals surface area contributed by atoms with Crippen molar-refractivity contribution in [3.63, 3.8) is 0 Å². The molecule has 4 amide bonds.